The molecule has 1 aromatic heterocycles. The van der Waals surface area contributed by atoms with Crippen LogP contribution in [0.4, 0.5) is 0 Å². The van der Waals surface area contributed by atoms with Crippen LogP contribution in [-0.2, 0) is 24.6 Å². The summed E-state index contributed by atoms with van der Waals surface area (Å²) in [6.07, 6.45) is 0.891. The molecule has 128 valence electrons. The van der Waals surface area contributed by atoms with Gasteiger partial charge in [0.05, 0.1) is 19.2 Å². The zero-order valence-electron chi connectivity index (χ0n) is 14.2. The maximum Gasteiger partial charge on any atom is 0.341 e. The van der Waals surface area contributed by atoms with E-state index in [-0.39, 0.29) is 5.56 Å². The van der Waals surface area contributed by atoms with Gasteiger partial charge in [-0.05, 0) is 37.5 Å². The lowest BCUT2D eigenvalue weighted by molar-refractivity contribution is 0.0595. The SMILES string of the molecule is COC(=O)c1c(CCc2c(Cl)cc(C)n(C)c2=O)cccc1OC. The first kappa shape index (κ1) is 18.1. The summed E-state index contributed by atoms with van der Waals surface area (Å²) in [5.74, 6) is -0.0207. The molecule has 24 heavy (non-hydrogen) atoms. The number of aryl methyl sites for hydroxylation is 2. The molecule has 0 aliphatic heterocycles. The van der Waals surface area contributed by atoms with Gasteiger partial charge in [0.1, 0.15) is 11.3 Å². The van der Waals surface area contributed by atoms with Crippen molar-refractivity contribution < 1.29 is 14.3 Å². The van der Waals surface area contributed by atoms with Gasteiger partial charge < -0.3 is 14.0 Å². The van der Waals surface area contributed by atoms with Gasteiger partial charge in [0.15, 0.2) is 0 Å². The van der Waals surface area contributed by atoms with E-state index in [0.29, 0.717) is 34.7 Å². The zero-order valence-corrected chi connectivity index (χ0v) is 14.9. The smallest absolute Gasteiger partial charge is 0.341 e. The minimum absolute atomic E-state index is 0.123. The zero-order chi connectivity index (χ0) is 17.9. The molecule has 0 fully saturated rings. The number of rotatable bonds is 5. The Labute approximate surface area is 145 Å². The van der Waals surface area contributed by atoms with Gasteiger partial charge in [0.25, 0.3) is 5.56 Å². The van der Waals surface area contributed by atoms with Crippen LogP contribution in [0.25, 0.3) is 0 Å². The summed E-state index contributed by atoms with van der Waals surface area (Å²) >= 11 is 6.23. The van der Waals surface area contributed by atoms with E-state index < -0.39 is 5.97 Å². The number of aromatic nitrogens is 1. The summed E-state index contributed by atoms with van der Waals surface area (Å²) in [6.45, 7) is 1.83. The van der Waals surface area contributed by atoms with Gasteiger partial charge in [0.2, 0.25) is 0 Å². The Morgan fingerprint density at radius 1 is 1.25 bits per heavy atom. The second-order valence-electron chi connectivity index (χ2n) is 5.46. The summed E-state index contributed by atoms with van der Waals surface area (Å²) in [4.78, 5) is 24.5. The van der Waals surface area contributed by atoms with Crippen LogP contribution >= 0.6 is 11.6 Å². The van der Waals surface area contributed by atoms with Crippen molar-refractivity contribution in [3.05, 3.63) is 62.0 Å². The molecular weight excluding hydrogens is 330 g/mol. The molecule has 2 rings (SSSR count). The van der Waals surface area contributed by atoms with Crippen LogP contribution < -0.4 is 10.3 Å². The number of hydrogen-bond acceptors (Lipinski definition) is 4. The number of pyridine rings is 1. The van der Waals surface area contributed by atoms with Crippen molar-refractivity contribution in [2.24, 2.45) is 7.05 Å². The number of hydrogen-bond donors (Lipinski definition) is 0. The molecule has 0 radical (unpaired) electrons. The normalized spacial score (nSPS) is 10.5. The Bertz CT molecular complexity index is 826. The molecule has 0 aliphatic rings. The first-order chi connectivity index (χ1) is 11.4. The van der Waals surface area contributed by atoms with Gasteiger partial charge in [-0.15, -0.1) is 0 Å². The highest BCUT2D eigenvalue weighted by molar-refractivity contribution is 6.31. The third kappa shape index (κ3) is 3.46. The summed E-state index contributed by atoms with van der Waals surface area (Å²) in [5.41, 5.74) is 2.33. The number of carbonyl (C=O) groups is 1. The molecule has 0 aliphatic carbocycles. The van der Waals surface area contributed by atoms with Crippen molar-refractivity contribution in [2.75, 3.05) is 14.2 Å². The monoisotopic (exact) mass is 349 g/mol. The van der Waals surface area contributed by atoms with E-state index in [1.807, 2.05) is 13.0 Å². The molecule has 5 nitrogen and oxygen atoms in total. The number of carbonyl (C=O) groups excluding carboxylic acids is 1. The van der Waals surface area contributed by atoms with E-state index in [2.05, 4.69) is 0 Å². The lowest BCUT2D eigenvalue weighted by Crippen LogP contribution is -2.24. The molecule has 0 unspecified atom stereocenters. The average molecular weight is 350 g/mol. The molecule has 0 saturated carbocycles. The molecule has 0 N–H and O–H groups in total. The van der Waals surface area contributed by atoms with Crippen LogP contribution in [0.3, 0.4) is 0 Å². The average Bonchev–Trinajstić information content (AvgIpc) is 2.58. The topological polar surface area (TPSA) is 57.5 Å². The van der Waals surface area contributed by atoms with Crippen molar-refractivity contribution in [3.8, 4) is 5.75 Å². The van der Waals surface area contributed by atoms with Gasteiger partial charge in [0, 0.05) is 18.3 Å². The lowest BCUT2D eigenvalue weighted by Gasteiger charge is -2.13. The van der Waals surface area contributed by atoms with Crippen molar-refractivity contribution >= 4 is 17.6 Å². The van der Waals surface area contributed by atoms with E-state index in [0.717, 1.165) is 11.3 Å². The van der Waals surface area contributed by atoms with E-state index in [1.54, 1.807) is 29.8 Å². The molecule has 0 amide bonds. The largest absolute Gasteiger partial charge is 0.496 e. The molecule has 0 saturated heterocycles. The Balaban J connectivity index is 2.39. The number of nitrogens with zero attached hydrogens (tertiary/aromatic N) is 1. The Kier molecular flexibility index (Phi) is 5.67. The molecule has 1 aromatic carbocycles. The van der Waals surface area contributed by atoms with Crippen LogP contribution in [0, 0.1) is 6.92 Å². The first-order valence-electron chi connectivity index (χ1n) is 7.49. The number of esters is 1. The van der Waals surface area contributed by atoms with Crippen molar-refractivity contribution in [1.29, 1.82) is 0 Å². The lowest BCUT2D eigenvalue weighted by atomic mass is 9.99. The van der Waals surface area contributed by atoms with Gasteiger partial charge in [-0.2, -0.15) is 0 Å². The summed E-state index contributed by atoms with van der Waals surface area (Å²) in [7, 11) is 4.53. The highest BCUT2D eigenvalue weighted by atomic mass is 35.5. The van der Waals surface area contributed by atoms with Crippen LogP contribution in [0.5, 0.6) is 5.75 Å². The predicted molar refractivity (Wildman–Crippen MR) is 93.2 cm³/mol. The molecule has 0 atom stereocenters. The predicted octanol–water partition coefficient (Wildman–Crippen LogP) is 2.93. The fraction of sp³-hybridized carbons (Fsp3) is 0.333. The van der Waals surface area contributed by atoms with Crippen molar-refractivity contribution in [3.63, 3.8) is 0 Å². The first-order valence-corrected chi connectivity index (χ1v) is 7.87. The van der Waals surface area contributed by atoms with E-state index in [1.165, 1.54) is 14.2 Å². The van der Waals surface area contributed by atoms with Gasteiger partial charge >= 0.3 is 5.97 Å². The Morgan fingerprint density at radius 2 is 1.96 bits per heavy atom. The minimum atomic E-state index is -0.467. The van der Waals surface area contributed by atoms with Crippen molar-refractivity contribution in [1.82, 2.24) is 4.57 Å². The molecule has 2 aromatic rings. The van der Waals surface area contributed by atoms with Crippen LogP contribution in [0.15, 0.2) is 29.1 Å². The Hall–Kier alpha value is -2.27. The van der Waals surface area contributed by atoms with E-state index >= 15 is 0 Å². The molecular formula is C18H20ClNO4. The number of methoxy groups -OCH3 is 2. The number of halogens is 1. The Morgan fingerprint density at radius 3 is 2.58 bits per heavy atom. The maximum atomic E-state index is 12.4. The van der Waals surface area contributed by atoms with Crippen LogP contribution in [-0.4, -0.2) is 24.8 Å². The third-order valence-electron chi connectivity index (χ3n) is 4.08. The van der Waals surface area contributed by atoms with Crippen LogP contribution in [0.1, 0.15) is 27.2 Å². The van der Waals surface area contributed by atoms with Crippen molar-refractivity contribution in [2.45, 2.75) is 19.8 Å². The summed E-state index contributed by atoms with van der Waals surface area (Å²) < 4.78 is 11.7. The second-order valence-corrected chi connectivity index (χ2v) is 5.87. The molecule has 0 spiro atoms. The minimum Gasteiger partial charge on any atom is -0.496 e. The van der Waals surface area contributed by atoms with E-state index in [9.17, 15) is 9.59 Å². The van der Waals surface area contributed by atoms with E-state index in [4.69, 9.17) is 21.1 Å². The highest BCUT2D eigenvalue weighted by Crippen LogP contribution is 2.25. The van der Waals surface area contributed by atoms with Gasteiger partial charge in [-0.3, -0.25) is 4.79 Å². The molecule has 6 heteroatoms. The maximum absolute atomic E-state index is 12.4. The third-order valence-corrected chi connectivity index (χ3v) is 4.42. The van der Waals surface area contributed by atoms with Gasteiger partial charge in [-0.1, -0.05) is 23.7 Å². The fourth-order valence-electron chi connectivity index (χ4n) is 2.61. The van der Waals surface area contributed by atoms with Crippen LogP contribution in [0.2, 0.25) is 5.02 Å². The fourth-order valence-corrected chi connectivity index (χ4v) is 2.94. The standard InChI is InChI=1S/C18H20ClNO4/c1-11-10-14(19)13(17(21)20(11)2)9-8-12-6-5-7-15(23-3)16(12)18(22)24-4/h5-7,10H,8-9H2,1-4H3. The summed E-state index contributed by atoms with van der Waals surface area (Å²) in [6, 6.07) is 7.09. The quantitative estimate of drug-likeness (QED) is 0.779. The highest BCUT2D eigenvalue weighted by Gasteiger charge is 2.18. The second kappa shape index (κ2) is 7.53. The number of ether oxygens (including phenoxy) is 2. The number of benzene rings is 1. The summed E-state index contributed by atoms with van der Waals surface area (Å²) in [5, 5.41) is 0.443. The molecule has 1 heterocycles. The van der Waals surface area contributed by atoms with Gasteiger partial charge in [-0.25, -0.2) is 4.79 Å². The molecule has 0 bridgehead atoms.